The zero-order valence-electron chi connectivity index (χ0n) is 23.3. The van der Waals surface area contributed by atoms with Crippen molar-refractivity contribution >= 4 is 25.8 Å². The summed E-state index contributed by atoms with van der Waals surface area (Å²) in [5, 5.41) is 22.3. The predicted molar refractivity (Wildman–Crippen MR) is 150 cm³/mol. The van der Waals surface area contributed by atoms with Gasteiger partial charge in [0, 0.05) is 42.8 Å². The number of benzene rings is 2. The molecule has 1 unspecified atom stereocenters. The topological polar surface area (TPSA) is 129 Å². The second kappa shape index (κ2) is 11.8. The lowest BCUT2D eigenvalue weighted by Crippen LogP contribution is -2.52. The number of carbonyl (C=O) groups is 2. The normalized spacial score (nSPS) is 24.2. The van der Waals surface area contributed by atoms with Crippen LogP contribution in [0.5, 0.6) is 5.75 Å². The van der Waals surface area contributed by atoms with Crippen LogP contribution in [0.2, 0.25) is 18.6 Å². The molecule has 0 fully saturated rings. The summed E-state index contributed by atoms with van der Waals surface area (Å²) in [6.07, 6.45) is -1.35. The highest BCUT2D eigenvalue weighted by molar-refractivity contribution is 6.71. The van der Waals surface area contributed by atoms with Crippen LogP contribution in [0.4, 0.5) is 5.69 Å². The SMILES string of the molecule is CO[C@@H]1c2cc(NC(=O)[C@H](C)O)ccc2O[C@H](C(CC(=O)N2Cc3ccccc3C[C@H]2CO)[Si](C)(C)O)[C@H]1C. The van der Waals surface area contributed by atoms with E-state index in [9.17, 15) is 24.6 Å². The van der Waals surface area contributed by atoms with Crippen molar-refractivity contribution in [1.29, 1.82) is 0 Å². The van der Waals surface area contributed by atoms with Crippen LogP contribution in [0.25, 0.3) is 0 Å². The molecule has 2 aromatic carbocycles. The number of fused-ring (bicyclic) bond motifs is 2. The fraction of sp³-hybridized carbons (Fsp3) is 0.517. The number of aliphatic hydroxyl groups excluding tert-OH is 2. The van der Waals surface area contributed by atoms with E-state index in [0.717, 1.165) is 16.7 Å². The Labute approximate surface area is 230 Å². The molecule has 39 heavy (non-hydrogen) atoms. The van der Waals surface area contributed by atoms with E-state index in [1.807, 2.05) is 44.3 Å². The van der Waals surface area contributed by atoms with Crippen LogP contribution in [0.3, 0.4) is 0 Å². The van der Waals surface area contributed by atoms with Gasteiger partial charge in [-0.3, -0.25) is 9.59 Å². The minimum Gasteiger partial charge on any atom is -0.490 e. The van der Waals surface area contributed by atoms with Crippen molar-refractivity contribution in [3.05, 3.63) is 59.2 Å². The number of anilines is 1. The van der Waals surface area contributed by atoms with Gasteiger partial charge in [0.05, 0.1) is 18.8 Å². The lowest BCUT2D eigenvalue weighted by Gasteiger charge is -2.44. The fourth-order valence-electron chi connectivity index (χ4n) is 5.82. The van der Waals surface area contributed by atoms with Crippen molar-refractivity contribution in [1.82, 2.24) is 4.90 Å². The molecule has 0 saturated carbocycles. The summed E-state index contributed by atoms with van der Waals surface area (Å²) in [6, 6.07) is 12.9. The van der Waals surface area contributed by atoms with Crippen LogP contribution in [0.15, 0.2) is 42.5 Å². The summed E-state index contributed by atoms with van der Waals surface area (Å²) in [7, 11) is -1.33. The van der Waals surface area contributed by atoms with Crippen molar-refractivity contribution in [2.75, 3.05) is 19.0 Å². The number of nitrogens with zero attached hydrogens (tertiary/aromatic N) is 1. The second-order valence-electron chi connectivity index (χ2n) is 11.3. The molecule has 2 aliphatic rings. The van der Waals surface area contributed by atoms with Crippen LogP contribution in [0, 0.1) is 5.92 Å². The van der Waals surface area contributed by atoms with Gasteiger partial charge in [-0.25, -0.2) is 0 Å². The first-order valence-electron chi connectivity index (χ1n) is 13.5. The Bertz CT molecular complexity index is 1200. The van der Waals surface area contributed by atoms with E-state index < -0.39 is 38.1 Å². The van der Waals surface area contributed by atoms with E-state index >= 15 is 0 Å². The van der Waals surface area contributed by atoms with Crippen molar-refractivity contribution in [2.45, 2.75) is 76.2 Å². The number of ether oxygens (including phenoxy) is 2. The molecule has 9 nitrogen and oxygen atoms in total. The maximum Gasteiger partial charge on any atom is 0.252 e. The van der Waals surface area contributed by atoms with Crippen LogP contribution in [-0.2, 0) is 27.3 Å². The average molecular weight is 557 g/mol. The Morgan fingerprint density at radius 3 is 2.51 bits per heavy atom. The summed E-state index contributed by atoms with van der Waals surface area (Å²) in [4.78, 5) is 38.9. The molecule has 2 amide bonds. The highest BCUT2D eigenvalue weighted by Gasteiger charge is 2.48. The van der Waals surface area contributed by atoms with E-state index in [0.29, 0.717) is 24.4 Å². The van der Waals surface area contributed by atoms with E-state index in [-0.39, 0.29) is 30.9 Å². The molecule has 0 bridgehead atoms. The summed E-state index contributed by atoms with van der Waals surface area (Å²) in [5.41, 5.74) is 3.04. The maximum atomic E-state index is 13.8. The molecular formula is C29H40N2O7Si. The Morgan fingerprint density at radius 2 is 1.90 bits per heavy atom. The van der Waals surface area contributed by atoms with Crippen LogP contribution < -0.4 is 10.1 Å². The zero-order chi connectivity index (χ0) is 28.5. The Balaban J connectivity index is 1.60. The molecule has 4 N–H and O–H groups in total. The minimum absolute atomic E-state index is 0.0949. The number of carbonyl (C=O) groups excluding carboxylic acids is 2. The fourth-order valence-corrected chi connectivity index (χ4v) is 7.67. The third-order valence-electron chi connectivity index (χ3n) is 8.06. The zero-order valence-corrected chi connectivity index (χ0v) is 24.3. The molecule has 0 radical (unpaired) electrons. The second-order valence-corrected chi connectivity index (χ2v) is 15.4. The van der Waals surface area contributed by atoms with E-state index in [4.69, 9.17) is 9.47 Å². The maximum absolute atomic E-state index is 13.8. The van der Waals surface area contributed by atoms with Gasteiger partial charge in [-0.15, -0.1) is 0 Å². The third-order valence-corrected chi connectivity index (χ3v) is 10.4. The van der Waals surface area contributed by atoms with Gasteiger partial charge in [-0.05, 0) is 55.8 Å². The largest absolute Gasteiger partial charge is 0.490 e. The van der Waals surface area contributed by atoms with E-state index in [1.54, 1.807) is 30.2 Å². The Hall–Kier alpha value is -2.76. The number of hydrogen-bond donors (Lipinski definition) is 4. The smallest absolute Gasteiger partial charge is 0.252 e. The van der Waals surface area contributed by atoms with Gasteiger partial charge in [0.1, 0.15) is 18.0 Å². The molecule has 0 aromatic heterocycles. The Kier molecular flexibility index (Phi) is 8.82. The monoisotopic (exact) mass is 556 g/mol. The van der Waals surface area contributed by atoms with Crippen molar-refractivity contribution in [2.24, 2.45) is 5.92 Å². The number of methoxy groups -OCH3 is 1. The van der Waals surface area contributed by atoms with Crippen LogP contribution in [-0.4, -0.2) is 72.0 Å². The highest BCUT2D eigenvalue weighted by atomic mass is 28.4. The lowest BCUT2D eigenvalue weighted by molar-refractivity contribution is -0.136. The number of nitrogens with one attached hydrogen (secondary N) is 1. The molecular weight excluding hydrogens is 516 g/mol. The predicted octanol–water partition coefficient (Wildman–Crippen LogP) is 2.99. The summed E-state index contributed by atoms with van der Waals surface area (Å²) in [5.74, 6) is -0.275. The summed E-state index contributed by atoms with van der Waals surface area (Å²) >= 11 is 0. The Morgan fingerprint density at radius 1 is 1.21 bits per heavy atom. The first kappa shape index (κ1) is 29.2. The average Bonchev–Trinajstić information content (AvgIpc) is 2.90. The molecule has 212 valence electrons. The third kappa shape index (κ3) is 6.20. The van der Waals surface area contributed by atoms with Gasteiger partial charge >= 0.3 is 0 Å². The van der Waals surface area contributed by atoms with Gasteiger partial charge in [0.25, 0.3) is 5.91 Å². The number of hydrogen-bond acceptors (Lipinski definition) is 7. The van der Waals surface area contributed by atoms with Crippen molar-refractivity contribution in [3.63, 3.8) is 0 Å². The van der Waals surface area contributed by atoms with Gasteiger partial charge in [0.2, 0.25) is 5.91 Å². The van der Waals surface area contributed by atoms with Crippen molar-refractivity contribution in [3.8, 4) is 5.75 Å². The van der Waals surface area contributed by atoms with E-state index in [1.165, 1.54) is 6.92 Å². The molecule has 2 heterocycles. The molecule has 0 spiro atoms. The van der Waals surface area contributed by atoms with Crippen LogP contribution >= 0.6 is 0 Å². The molecule has 0 aliphatic carbocycles. The molecule has 2 aliphatic heterocycles. The van der Waals surface area contributed by atoms with Gasteiger partial charge in [0.15, 0.2) is 8.32 Å². The highest BCUT2D eigenvalue weighted by Crippen LogP contribution is 2.47. The minimum atomic E-state index is -2.93. The standard InChI is InChI=1S/C29H40N2O7Si/c1-17-27(37-3)23-13-21(30-29(35)18(2)33)10-11-24(23)38-28(17)25(39(4,5)36)14-26(34)31-15-20-9-7-6-8-19(20)12-22(31)16-32/h6-11,13,17-18,22,25,27-28,32-33,36H,12,14-16H2,1-5H3,(H,30,35)/t17-,18-,22-,25?,27-,28-/m0/s1. The quantitative estimate of drug-likeness (QED) is 0.368. The molecule has 2 aromatic rings. The molecule has 0 saturated heterocycles. The molecule has 10 heteroatoms. The number of amides is 2. The van der Waals surface area contributed by atoms with Crippen LogP contribution in [0.1, 0.15) is 43.1 Å². The summed E-state index contributed by atoms with van der Waals surface area (Å²) in [6.45, 7) is 7.31. The number of rotatable bonds is 8. The first-order chi connectivity index (χ1) is 18.4. The molecule has 6 atom stereocenters. The van der Waals surface area contributed by atoms with Crippen molar-refractivity contribution < 1.29 is 34.1 Å². The first-order valence-corrected chi connectivity index (χ1v) is 16.5. The number of aliphatic hydroxyl groups is 2. The van der Waals surface area contributed by atoms with Gasteiger partial charge < -0.3 is 34.7 Å². The molecule has 4 rings (SSSR count). The van der Waals surface area contributed by atoms with Gasteiger partial charge in [-0.1, -0.05) is 31.2 Å². The van der Waals surface area contributed by atoms with E-state index in [2.05, 4.69) is 5.32 Å². The summed E-state index contributed by atoms with van der Waals surface area (Å²) < 4.78 is 12.4. The lowest BCUT2D eigenvalue weighted by atomic mass is 9.86. The van der Waals surface area contributed by atoms with Gasteiger partial charge in [-0.2, -0.15) is 0 Å².